The average Bonchev–Trinajstić information content (AvgIpc) is 2.76. The van der Waals surface area contributed by atoms with Crippen LogP contribution < -0.4 is 5.32 Å². The number of rotatable bonds is 13. The third kappa shape index (κ3) is 6.59. The summed E-state index contributed by atoms with van der Waals surface area (Å²) in [6.45, 7) is 9.28. The SMILES string of the molecule is CCCCCN(CCCCC)CCCNc1c2c(nc3ccc(Cl)cc13)CCCC2. The van der Waals surface area contributed by atoms with Gasteiger partial charge in [-0.2, -0.15) is 0 Å². The van der Waals surface area contributed by atoms with Crippen molar-refractivity contribution in [3.8, 4) is 0 Å². The molecule has 0 fully saturated rings. The zero-order chi connectivity index (χ0) is 21.2. The lowest BCUT2D eigenvalue weighted by Crippen LogP contribution is -2.28. The van der Waals surface area contributed by atoms with Crippen molar-refractivity contribution in [2.75, 3.05) is 31.5 Å². The van der Waals surface area contributed by atoms with Crippen molar-refractivity contribution in [3.63, 3.8) is 0 Å². The van der Waals surface area contributed by atoms with E-state index in [1.165, 1.54) is 99.8 Å². The van der Waals surface area contributed by atoms with E-state index < -0.39 is 0 Å². The lowest BCUT2D eigenvalue weighted by molar-refractivity contribution is 0.261. The fourth-order valence-electron chi connectivity index (χ4n) is 4.62. The molecule has 1 aromatic carbocycles. The number of anilines is 1. The van der Waals surface area contributed by atoms with E-state index in [1.807, 2.05) is 6.07 Å². The van der Waals surface area contributed by atoms with Gasteiger partial charge in [-0.15, -0.1) is 0 Å². The molecule has 0 bridgehead atoms. The van der Waals surface area contributed by atoms with Crippen LogP contribution in [0, 0.1) is 0 Å². The summed E-state index contributed by atoms with van der Waals surface area (Å²) in [5, 5.41) is 5.79. The minimum Gasteiger partial charge on any atom is -0.384 e. The Morgan fingerprint density at radius 3 is 2.37 bits per heavy atom. The summed E-state index contributed by atoms with van der Waals surface area (Å²) in [5.41, 5.74) is 5.09. The van der Waals surface area contributed by atoms with E-state index in [2.05, 4.69) is 36.2 Å². The van der Waals surface area contributed by atoms with Gasteiger partial charge in [0.05, 0.1) is 5.52 Å². The molecule has 0 atom stereocenters. The number of fused-ring (bicyclic) bond motifs is 2. The molecular weight excluding hydrogens is 390 g/mol. The van der Waals surface area contributed by atoms with Crippen LogP contribution in [-0.4, -0.2) is 36.1 Å². The molecule has 1 N–H and O–H groups in total. The first-order chi connectivity index (χ1) is 14.7. The molecule has 0 radical (unpaired) electrons. The van der Waals surface area contributed by atoms with Crippen LogP contribution in [0.3, 0.4) is 0 Å². The fraction of sp³-hybridized carbons (Fsp3) is 0.654. The third-order valence-electron chi connectivity index (χ3n) is 6.33. The Morgan fingerprint density at radius 1 is 0.933 bits per heavy atom. The van der Waals surface area contributed by atoms with Crippen LogP contribution >= 0.6 is 11.6 Å². The fourth-order valence-corrected chi connectivity index (χ4v) is 4.79. The van der Waals surface area contributed by atoms with E-state index in [4.69, 9.17) is 16.6 Å². The second-order valence-corrected chi connectivity index (χ2v) is 9.25. The predicted molar refractivity (Wildman–Crippen MR) is 132 cm³/mol. The standard InChI is InChI=1S/C26H40ClN3/c1-3-5-9-17-30(18-10-6-4-2)19-11-16-28-26-22-12-7-8-13-24(22)29-25-15-14-21(27)20-23(25)26/h14-15,20H,3-13,16-19H2,1-2H3,(H,28,29). The molecule has 3 nitrogen and oxygen atoms in total. The molecule has 4 heteroatoms. The maximum atomic E-state index is 6.34. The molecular formula is C26H40ClN3. The second kappa shape index (κ2) is 12.5. The molecule has 0 saturated heterocycles. The van der Waals surface area contributed by atoms with Gasteiger partial charge in [0, 0.05) is 28.3 Å². The van der Waals surface area contributed by atoms with Crippen molar-refractivity contribution in [3.05, 3.63) is 34.5 Å². The molecule has 30 heavy (non-hydrogen) atoms. The minimum atomic E-state index is 0.793. The van der Waals surface area contributed by atoms with Crippen molar-refractivity contribution in [2.24, 2.45) is 0 Å². The number of nitrogens with zero attached hydrogens (tertiary/aromatic N) is 2. The van der Waals surface area contributed by atoms with E-state index in [9.17, 15) is 0 Å². The van der Waals surface area contributed by atoms with Crippen LogP contribution in [0.4, 0.5) is 5.69 Å². The van der Waals surface area contributed by atoms with Crippen molar-refractivity contribution >= 4 is 28.2 Å². The van der Waals surface area contributed by atoms with Gasteiger partial charge in [0.25, 0.3) is 0 Å². The largest absolute Gasteiger partial charge is 0.384 e. The average molecular weight is 430 g/mol. The summed E-state index contributed by atoms with van der Waals surface area (Å²) in [5.74, 6) is 0. The zero-order valence-corrected chi connectivity index (χ0v) is 19.9. The number of aryl methyl sites for hydroxylation is 1. The van der Waals surface area contributed by atoms with Gasteiger partial charge < -0.3 is 10.2 Å². The highest BCUT2D eigenvalue weighted by molar-refractivity contribution is 6.31. The van der Waals surface area contributed by atoms with Crippen molar-refractivity contribution in [1.82, 2.24) is 9.88 Å². The Bertz CT molecular complexity index is 779. The van der Waals surface area contributed by atoms with E-state index in [1.54, 1.807) is 0 Å². The molecule has 0 saturated carbocycles. The Labute approximate surface area is 188 Å². The molecule has 3 rings (SSSR count). The van der Waals surface area contributed by atoms with Crippen LogP contribution in [0.25, 0.3) is 10.9 Å². The lowest BCUT2D eigenvalue weighted by atomic mass is 9.92. The Hall–Kier alpha value is -1.32. The highest BCUT2D eigenvalue weighted by Gasteiger charge is 2.18. The molecule has 1 aliphatic rings. The maximum absolute atomic E-state index is 6.34. The first-order valence-corrected chi connectivity index (χ1v) is 12.7. The summed E-state index contributed by atoms with van der Waals surface area (Å²) in [6, 6.07) is 6.12. The second-order valence-electron chi connectivity index (χ2n) is 8.82. The Morgan fingerprint density at radius 2 is 1.63 bits per heavy atom. The number of benzene rings is 1. The minimum absolute atomic E-state index is 0.793. The summed E-state index contributed by atoms with van der Waals surface area (Å²) >= 11 is 6.34. The molecule has 0 spiro atoms. The van der Waals surface area contributed by atoms with Crippen LogP contribution in [0.15, 0.2) is 18.2 Å². The van der Waals surface area contributed by atoms with Crippen LogP contribution in [0.1, 0.15) is 82.9 Å². The van der Waals surface area contributed by atoms with Crippen LogP contribution in [-0.2, 0) is 12.8 Å². The summed E-state index contributed by atoms with van der Waals surface area (Å²) < 4.78 is 0. The number of hydrogen-bond acceptors (Lipinski definition) is 3. The van der Waals surface area contributed by atoms with Gasteiger partial charge in [-0.1, -0.05) is 51.1 Å². The first-order valence-electron chi connectivity index (χ1n) is 12.3. The third-order valence-corrected chi connectivity index (χ3v) is 6.57. The van der Waals surface area contributed by atoms with Crippen LogP contribution in [0.2, 0.25) is 5.02 Å². The number of nitrogens with one attached hydrogen (secondary N) is 1. The summed E-state index contributed by atoms with van der Waals surface area (Å²) in [4.78, 5) is 7.64. The topological polar surface area (TPSA) is 28.2 Å². The predicted octanol–water partition coefficient (Wildman–Crippen LogP) is 7.25. The van der Waals surface area contributed by atoms with E-state index in [0.29, 0.717) is 0 Å². The number of pyridine rings is 1. The molecule has 0 unspecified atom stereocenters. The van der Waals surface area contributed by atoms with Gasteiger partial charge in [-0.25, -0.2) is 0 Å². The Kier molecular flexibility index (Phi) is 9.74. The van der Waals surface area contributed by atoms with Crippen molar-refractivity contribution < 1.29 is 0 Å². The highest BCUT2D eigenvalue weighted by Crippen LogP contribution is 2.34. The van der Waals surface area contributed by atoms with Crippen LogP contribution in [0.5, 0.6) is 0 Å². The van der Waals surface area contributed by atoms with Crippen molar-refractivity contribution in [2.45, 2.75) is 84.5 Å². The van der Waals surface area contributed by atoms with Gasteiger partial charge in [-0.3, -0.25) is 4.98 Å². The van der Waals surface area contributed by atoms with E-state index in [-0.39, 0.29) is 0 Å². The summed E-state index contributed by atoms with van der Waals surface area (Å²) in [6.07, 6.45) is 13.9. The lowest BCUT2D eigenvalue weighted by Gasteiger charge is -2.24. The monoisotopic (exact) mass is 429 g/mol. The van der Waals surface area contributed by atoms with Gasteiger partial charge in [0.15, 0.2) is 0 Å². The molecule has 1 heterocycles. The molecule has 0 amide bonds. The van der Waals surface area contributed by atoms with Gasteiger partial charge in [-0.05, 0) is 88.3 Å². The van der Waals surface area contributed by atoms with Gasteiger partial charge >= 0.3 is 0 Å². The van der Waals surface area contributed by atoms with Gasteiger partial charge in [0.2, 0.25) is 0 Å². The molecule has 2 aromatic rings. The molecule has 1 aliphatic carbocycles. The Balaban J connectivity index is 1.63. The smallest absolute Gasteiger partial charge is 0.0727 e. The maximum Gasteiger partial charge on any atom is 0.0727 e. The number of unbranched alkanes of at least 4 members (excludes halogenated alkanes) is 4. The molecule has 166 valence electrons. The zero-order valence-electron chi connectivity index (χ0n) is 19.1. The van der Waals surface area contributed by atoms with Gasteiger partial charge in [0.1, 0.15) is 0 Å². The normalized spacial score (nSPS) is 13.7. The van der Waals surface area contributed by atoms with E-state index >= 15 is 0 Å². The highest BCUT2D eigenvalue weighted by atomic mass is 35.5. The molecule has 1 aromatic heterocycles. The number of aromatic nitrogens is 1. The number of hydrogen-bond donors (Lipinski definition) is 1. The van der Waals surface area contributed by atoms with E-state index in [0.717, 1.165) is 29.9 Å². The summed E-state index contributed by atoms with van der Waals surface area (Å²) in [7, 11) is 0. The van der Waals surface area contributed by atoms with Crippen molar-refractivity contribution in [1.29, 1.82) is 0 Å². The quantitative estimate of drug-likeness (QED) is 0.340. The number of halogens is 1. The first kappa shape index (κ1) is 23.3. The molecule has 0 aliphatic heterocycles.